The molecule has 162 valence electrons. The first-order valence-corrected chi connectivity index (χ1v) is 13.3. The fraction of sp³-hybridized carbons (Fsp3) is 0.400. The molecule has 0 radical (unpaired) electrons. The summed E-state index contributed by atoms with van der Waals surface area (Å²) < 4.78 is 27.8. The van der Waals surface area contributed by atoms with E-state index in [0.29, 0.717) is 17.1 Å². The van der Waals surface area contributed by atoms with Crippen LogP contribution in [0.4, 0.5) is 0 Å². The molecule has 0 fully saturated rings. The van der Waals surface area contributed by atoms with Crippen molar-refractivity contribution in [3.63, 3.8) is 0 Å². The van der Waals surface area contributed by atoms with E-state index in [1.54, 1.807) is 12.1 Å². The standard InChI is InChI=1S/C20H25N3O4S3/c1-13-6-8-15(9-7-13)30(26,27)23-16(10-11-28-2)19(24)21-22-20(25)18-12-14-4-3-5-17(14)29-18/h6-9,12,16,23H,3-5,10-11H2,1-2H3,(H,21,24)(H,22,25). The summed E-state index contributed by atoms with van der Waals surface area (Å²) >= 11 is 2.94. The first kappa shape index (κ1) is 22.8. The predicted molar refractivity (Wildman–Crippen MR) is 120 cm³/mol. The van der Waals surface area contributed by atoms with Gasteiger partial charge in [-0.15, -0.1) is 11.3 Å². The van der Waals surface area contributed by atoms with Gasteiger partial charge in [0.2, 0.25) is 10.0 Å². The first-order chi connectivity index (χ1) is 14.3. The molecule has 1 atom stereocenters. The fourth-order valence-corrected chi connectivity index (χ4v) is 6.01. The third-order valence-electron chi connectivity index (χ3n) is 4.83. The summed E-state index contributed by atoms with van der Waals surface area (Å²) in [5, 5.41) is 0. The maximum Gasteiger partial charge on any atom is 0.279 e. The average Bonchev–Trinajstić information content (AvgIpc) is 3.31. The molecule has 1 unspecified atom stereocenters. The van der Waals surface area contributed by atoms with Gasteiger partial charge in [0.05, 0.1) is 9.77 Å². The highest BCUT2D eigenvalue weighted by molar-refractivity contribution is 7.98. The van der Waals surface area contributed by atoms with Crippen LogP contribution in [0.15, 0.2) is 35.2 Å². The highest BCUT2D eigenvalue weighted by Crippen LogP contribution is 2.30. The summed E-state index contributed by atoms with van der Waals surface area (Å²) in [6, 6.07) is 7.25. The van der Waals surface area contributed by atoms with Gasteiger partial charge >= 0.3 is 0 Å². The SMILES string of the molecule is CSCCC(NS(=O)(=O)c1ccc(C)cc1)C(=O)NNC(=O)c1cc2c(s1)CCC2. The van der Waals surface area contributed by atoms with Gasteiger partial charge in [-0.05, 0) is 68.4 Å². The van der Waals surface area contributed by atoms with Gasteiger partial charge in [0.25, 0.3) is 11.8 Å². The maximum atomic E-state index is 12.7. The van der Waals surface area contributed by atoms with Crippen LogP contribution >= 0.6 is 23.1 Å². The van der Waals surface area contributed by atoms with Crippen molar-refractivity contribution in [2.24, 2.45) is 0 Å². The van der Waals surface area contributed by atoms with E-state index in [-0.39, 0.29) is 4.90 Å². The number of hydrogen-bond donors (Lipinski definition) is 3. The van der Waals surface area contributed by atoms with E-state index in [9.17, 15) is 18.0 Å². The normalized spacial score (nSPS) is 14.2. The van der Waals surface area contributed by atoms with Crippen LogP contribution in [0.5, 0.6) is 0 Å². The van der Waals surface area contributed by atoms with Gasteiger partial charge < -0.3 is 0 Å². The molecule has 0 saturated carbocycles. The molecule has 1 aliphatic carbocycles. The van der Waals surface area contributed by atoms with Gasteiger partial charge in [0.1, 0.15) is 6.04 Å². The number of amides is 2. The van der Waals surface area contributed by atoms with Crippen molar-refractivity contribution in [2.45, 2.75) is 43.5 Å². The Kier molecular flexibility index (Phi) is 7.56. The van der Waals surface area contributed by atoms with E-state index in [2.05, 4.69) is 15.6 Å². The number of thioether (sulfide) groups is 1. The molecule has 1 heterocycles. The summed E-state index contributed by atoms with van der Waals surface area (Å²) in [4.78, 5) is 26.9. The van der Waals surface area contributed by atoms with E-state index in [1.165, 1.54) is 45.7 Å². The molecule has 3 rings (SSSR count). The Morgan fingerprint density at radius 1 is 1.17 bits per heavy atom. The Morgan fingerprint density at radius 2 is 1.90 bits per heavy atom. The number of carbonyl (C=O) groups excluding carboxylic acids is 2. The van der Waals surface area contributed by atoms with Gasteiger partial charge in [-0.25, -0.2) is 8.42 Å². The van der Waals surface area contributed by atoms with Gasteiger partial charge in [0.15, 0.2) is 0 Å². The molecule has 1 aromatic carbocycles. The molecule has 2 amide bonds. The van der Waals surface area contributed by atoms with E-state index in [1.807, 2.05) is 19.2 Å². The summed E-state index contributed by atoms with van der Waals surface area (Å²) in [6.07, 6.45) is 5.24. The summed E-state index contributed by atoms with van der Waals surface area (Å²) in [7, 11) is -3.87. The molecule has 3 N–H and O–H groups in total. The second-order valence-corrected chi connectivity index (χ2v) is 11.0. The van der Waals surface area contributed by atoms with E-state index < -0.39 is 27.9 Å². The second kappa shape index (κ2) is 9.95. The number of aryl methyl sites for hydroxylation is 3. The molecule has 0 bridgehead atoms. The molecule has 1 aliphatic rings. The van der Waals surface area contributed by atoms with Gasteiger partial charge in [-0.3, -0.25) is 20.4 Å². The van der Waals surface area contributed by atoms with Crippen LogP contribution in [0, 0.1) is 6.92 Å². The number of sulfonamides is 1. The van der Waals surface area contributed by atoms with E-state index >= 15 is 0 Å². The quantitative estimate of drug-likeness (QED) is 0.517. The number of hydrogen-bond acceptors (Lipinski definition) is 6. The molecule has 0 aliphatic heterocycles. The number of nitrogens with one attached hydrogen (secondary N) is 3. The number of thiophene rings is 1. The Morgan fingerprint density at radius 3 is 2.57 bits per heavy atom. The summed E-state index contributed by atoms with van der Waals surface area (Å²) in [6.45, 7) is 1.86. The lowest BCUT2D eigenvalue weighted by Crippen LogP contribution is -2.52. The Hall–Kier alpha value is -1.88. The Labute approximate surface area is 185 Å². The van der Waals surface area contributed by atoms with Crippen molar-refractivity contribution in [2.75, 3.05) is 12.0 Å². The average molecular weight is 468 g/mol. The highest BCUT2D eigenvalue weighted by atomic mass is 32.2. The number of fused-ring (bicyclic) bond motifs is 1. The minimum atomic E-state index is -3.87. The minimum Gasteiger partial charge on any atom is -0.271 e. The fourth-order valence-electron chi connectivity index (χ4n) is 3.16. The number of rotatable bonds is 8. The van der Waals surface area contributed by atoms with Crippen molar-refractivity contribution < 1.29 is 18.0 Å². The number of carbonyl (C=O) groups is 2. The van der Waals surface area contributed by atoms with Gasteiger partial charge in [-0.2, -0.15) is 16.5 Å². The van der Waals surface area contributed by atoms with Crippen LogP contribution in [-0.2, 0) is 27.7 Å². The third kappa shape index (κ3) is 5.63. The lowest BCUT2D eigenvalue weighted by molar-refractivity contribution is -0.123. The lowest BCUT2D eigenvalue weighted by Gasteiger charge is -2.18. The minimum absolute atomic E-state index is 0.0900. The zero-order chi connectivity index (χ0) is 21.7. The Bertz CT molecular complexity index is 995. The number of hydrazine groups is 1. The molecule has 10 heteroatoms. The summed E-state index contributed by atoms with van der Waals surface area (Å²) in [5.74, 6) is -0.412. The zero-order valence-corrected chi connectivity index (χ0v) is 19.3. The van der Waals surface area contributed by atoms with Crippen LogP contribution in [0.2, 0.25) is 0 Å². The topological polar surface area (TPSA) is 104 Å². The van der Waals surface area contributed by atoms with Crippen LogP contribution in [0.1, 0.15) is 38.5 Å². The third-order valence-corrected chi connectivity index (χ3v) is 8.19. The van der Waals surface area contributed by atoms with Crippen molar-refractivity contribution in [3.05, 3.63) is 51.2 Å². The first-order valence-electron chi connectivity index (χ1n) is 9.60. The van der Waals surface area contributed by atoms with Crippen molar-refractivity contribution >= 4 is 44.9 Å². The van der Waals surface area contributed by atoms with Crippen molar-refractivity contribution in [3.8, 4) is 0 Å². The molecule has 30 heavy (non-hydrogen) atoms. The van der Waals surface area contributed by atoms with Crippen LogP contribution in [-0.4, -0.2) is 38.3 Å². The molecule has 2 aromatic rings. The monoisotopic (exact) mass is 467 g/mol. The summed E-state index contributed by atoms with van der Waals surface area (Å²) in [5.41, 5.74) is 6.91. The zero-order valence-electron chi connectivity index (χ0n) is 16.9. The molecule has 0 saturated heterocycles. The van der Waals surface area contributed by atoms with Crippen molar-refractivity contribution in [1.29, 1.82) is 0 Å². The maximum absolute atomic E-state index is 12.7. The van der Waals surface area contributed by atoms with Crippen molar-refractivity contribution in [1.82, 2.24) is 15.6 Å². The molecular weight excluding hydrogens is 442 g/mol. The smallest absolute Gasteiger partial charge is 0.271 e. The largest absolute Gasteiger partial charge is 0.279 e. The van der Waals surface area contributed by atoms with Gasteiger partial charge in [0, 0.05) is 4.88 Å². The molecular formula is C20H25N3O4S3. The second-order valence-electron chi connectivity index (χ2n) is 7.12. The van der Waals surface area contributed by atoms with E-state index in [0.717, 1.165) is 24.8 Å². The Balaban J connectivity index is 1.64. The van der Waals surface area contributed by atoms with Gasteiger partial charge in [-0.1, -0.05) is 17.7 Å². The number of benzene rings is 1. The highest BCUT2D eigenvalue weighted by Gasteiger charge is 2.26. The van der Waals surface area contributed by atoms with Crippen LogP contribution in [0.3, 0.4) is 0 Å². The van der Waals surface area contributed by atoms with Crippen LogP contribution < -0.4 is 15.6 Å². The van der Waals surface area contributed by atoms with E-state index in [4.69, 9.17) is 0 Å². The molecule has 0 spiro atoms. The predicted octanol–water partition coefficient (Wildman–Crippen LogP) is 2.41. The molecule has 7 nitrogen and oxygen atoms in total. The van der Waals surface area contributed by atoms with Crippen LogP contribution in [0.25, 0.3) is 0 Å². The lowest BCUT2D eigenvalue weighted by atomic mass is 10.2. The molecule has 1 aromatic heterocycles.